The molecule has 5 heteroatoms. The SMILES string of the molecule is COc1ccc(OCCCN(C)CC(=O)Nc2c(C)cccc2C)cc1. The van der Waals surface area contributed by atoms with Gasteiger partial charge in [-0.05, 0) is 62.7 Å². The van der Waals surface area contributed by atoms with Crippen molar-refractivity contribution in [1.82, 2.24) is 4.90 Å². The molecule has 1 amide bonds. The number of amides is 1. The number of nitrogens with zero attached hydrogens (tertiary/aromatic N) is 1. The smallest absolute Gasteiger partial charge is 0.238 e. The Labute approximate surface area is 155 Å². The highest BCUT2D eigenvalue weighted by Crippen LogP contribution is 2.19. The number of anilines is 1. The second kappa shape index (κ2) is 9.82. The van der Waals surface area contributed by atoms with Crippen molar-refractivity contribution in [2.24, 2.45) is 0 Å². The fourth-order valence-electron chi connectivity index (χ4n) is 2.71. The summed E-state index contributed by atoms with van der Waals surface area (Å²) in [5.74, 6) is 1.63. The summed E-state index contributed by atoms with van der Waals surface area (Å²) in [5.41, 5.74) is 3.07. The highest BCUT2D eigenvalue weighted by molar-refractivity contribution is 5.93. The van der Waals surface area contributed by atoms with Crippen LogP contribution in [0.1, 0.15) is 17.5 Å². The van der Waals surface area contributed by atoms with Crippen LogP contribution in [0.3, 0.4) is 0 Å². The number of carbonyl (C=O) groups excluding carboxylic acids is 1. The molecule has 0 fully saturated rings. The summed E-state index contributed by atoms with van der Waals surface area (Å²) < 4.78 is 10.8. The molecule has 0 saturated carbocycles. The van der Waals surface area contributed by atoms with Gasteiger partial charge in [-0.1, -0.05) is 18.2 Å². The number of hydrogen-bond donors (Lipinski definition) is 1. The van der Waals surface area contributed by atoms with Gasteiger partial charge in [0.25, 0.3) is 0 Å². The van der Waals surface area contributed by atoms with Crippen LogP contribution in [-0.4, -0.2) is 44.7 Å². The molecule has 0 aromatic heterocycles. The van der Waals surface area contributed by atoms with Gasteiger partial charge in [0, 0.05) is 12.2 Å². The van der Waals surface area contributed by atoms with Gasteiger partial charge in [0.1, 0.15) is 11.5 Å². The minimum atomic E-state index is 0.000901. The van der Waals surface area contributed by atoms with Crippen LogP contribution in [0.5, 0.6) is 11.5 Å². The molecule has 0 aliphatic heterocycles. The molecule has 0 saturated heterocycles. The number of likely N-dealkylation sites (N-methyl/N-ethyl adjacent to an activating group) is 1. The highest BCUT2D eigenvalue weighted by Gasteiger charge is 2.10. The maximum absolute atomic E-state index is 12.2. The molecule has 2 aromatic carbocycles. The van der Waals surface area contributed by atoms with Gasteiger partial charge in [0.05, 0.1) is 20.3 Å². The number of rotatable bonds is 9. The van der Waals surface area contributed by atoms with Crippen LogP contribution in [0.2, 0.25) is 0 Å². The van der Waals surface area contributed by atoms with E-state index in [1.807, 2.05) is 68.3 Å². The summed E-state index contributed by atoms with van der Waals surface area (Å²) in [6.45, 7) is 5.76. The molecule has 1 N–H and O–H groups in total. The van der Waals surface area contributed by atoms with Gasteiger partial charge < -0.3 is 14.8 Å². The molecule has 0 unspecified atom stereocenters. The van der Waals surface area contributed by atoms with Crippen LogP contribution in [-0.2, 0) is 4.79 Å². The van der Waals surface area contributed by atoms with E-state index in [0.29, 0.717) is 13.2 Å². The average molecular weight is 356 g/mol. The van der Waals surface area contributed by atoms with E-state index in [9.17, 15) is 4.79 Å². The van der Waals surface area contributed by atoms with Crippen molar-refractivity contribution in [3.8, 4) is 11.5 Å². The predicted molar refractivity (Wildman–Crippen MR) is 105 cm³/mol. The third-order valence-corrected chi connectivity index (χ3v) is 4.17. The third kappa shape index (κ3) is 6.08. The second-order valence-corrected chi connectivity index (χ2v) is 6.43. The first kappa shape index (κ1) is 19.8. The topological polar surface area (TPSA) is 50.8 Å². The normalized spacial score (nSPS) is 10.7. The van der Waals surface area contributed by atoms with Gasteiger partial charge >= 0.3 is 0 Å². The molecular formula is C21H28N2O3. The van der Waals surface area contributed by atoms with Crippen LogP contribution in [0.25, 0.3) is 0 Å². The molecule has 0 aliphatic carbocycles. The molecule has 0 aliphatic rings. The lowest BCUT2D eigenvalue weighted by molar-refractivity contribution is -0.117. The second-order valence-electron chi connectivity index (χ2n) is 6.43. The van der Waals surface area contributed by atoms with E-state index >= 15 is 0 Å². The lowest BCUT2D eigenvalue weighted by Gasteiger charge is -2.18. The summed E-state index contributed by atoms with van der Waals surface area (Å²) >= 11 is 0. The van der Waals surface area contributed by atoms with Gasteiger partial charge in [-0.15, -0.1) is 0 Å². The summed E-state index contributed by atoms with van der Waals surface area (Å²) in [6.07, 6.45) is 0.846. The molecule has 26 heavy (non-hydrogen) atoms. The van der Waals surface area contributed by atoms with Gasteiger partial charge in [0.2, 0.25) is 5.91 Å². The maximum Gasteiger partial charge on any atom is 0.238 e. The first-order valence-corrected chi connectivity index (χ1v) is 8.81. The van der Waals surface area contributed by atoms with Crippen molar-refractivity contribution in [3.05, 3.63) is 53.6 Å². The number of benzene rings is 2. The Morgan fingerprint density at radius 3 is 2.27 bits per heavy atom. The van der Waals surface area contributed by atoms with Crippen LogP contribution >= 0.6 is 0 Å². The van der Waals surface area contributed by atoms with Gasteiger partial charge in [-0.25, -0.2) is 0 Å². The van der Waals surface area contributed by atoms with Crippen LogP contribution in [0.4, 0.5) is 5.69 Å². The van der Waals surface area contributed by atoms with Gasteiger partial charge in [0.15, 0.2) is 0 Å². The van der Waals surface area contributed by atoms with Crippen molar-refractivity contribution in [3.63, 3.8) is 0 Å². The molecule has 0 radical (unpaired) electrons. The number of ether oxygens (including phenoxy) is 2. The largest absolute Gasteiger partial charge is 0.497 e. The Bertz CT molecular complexity index is 693. The third-order valence-electron chi connectivity index (χ3n) is 4.17. The van der Waals surface area contributed by atoms with E-state index in [0.717, 1.165) is 41.3 Å². The predicted octanol–water partition coefficient (Wildman–Crippen LogP) is 3.65. The number of nitrogens with one attached hydrogen (secondary N) is 1. The molecule has 0 bridgehead atoms. The zero-order valence-electron chi connectivity index (χ0n) is 16.0. The number of methoxy groups -OCH3 is 1. The van der Waals surface area contributed by atoms with Crippen molar-refractivity contribution >= 4 is 11.6 Å². The van der Waals surface area contributed by atoms with E-state index in [4.69, 9.17) is 9.47 Å². The zero-order valence-corrected chi connectivity index (χ0v) is 16.0. The number of aryl methyl sites for hydroxylation is 2. The number of carbonyl (C=O) groups is 1. The monoisotopic (exact) mass is 356 g/mol. The van der Waals surface area contributed by atoms with Crippen molar-refractivity contribution in [1.29, 1.82) is 0 Å². The summed E-state index contributed by atoms with van der Waals surface area (Å²) in [7, 11) is 3.58. The summed E-state index contributed by atoms with van der Waals surface area (Å²) in [4.78, 5) is 14.2. The molecule has 140 valence electrons. The minimum absolute atomic E-state index is 0.000901. The van der Waals surface area contributed by atoms with Gasteiger partial charge in [-0.3, -0.25) is 9.69 Å². The fraction of sp³-hybridized carbons (Fsp3) is 0.381. The molecule has 2 aromatic rings. The molecule has 0 atom stereocenters. The lowest BCUT2D eigenvalue weighted by atomic mass is 10.1. The lowest BCUT2D eigenvalue weighted by Crippen LogP contribution is -2.31. The minimum Gasteiger partial charge on any atom is -0.497 e. The van der Waals surface area contributed by atoms with E-state index < -0.39 is 0 Å². The van der Waals surface area contributed by atoms with E-state index in [-0.39, 0.29) is 5.91 Å². The van der Waals surface area contributed by atoms with Crippen molar-refractivity contribution < 1.29 is 14.3 Å². The first-order valence-electron chi connectivity index (χ1n) is 8.81. The molecule has 2 rings (SSSR count). The molecule has 5 nitrogen and oxygen atoms in total. The van der Waals surface area contributed by atoms with E-state index in [1.54, 1.807) is 7.11 Å². The van der Waals surface area contributed by atoms with Crippen molar-refractivity contribution in [2.75, 3.05) is 39.2 Å². The summed E-state index contributed by atoms with van der Waals surface area (Å²) in [6, 6.07) is 13.5. The number of hydrogen-bond acceptors (Lipinski definition) is 4. The number of para-hydroxylation sites is 1. The quantitative estimate of drug-likeness (QED) is 0.697. The van der Waals surface area contributed by atoms with Crippen LogP contribution in [0, 0.1) is 13.8 Å². The highest BCUT2D eigenvalue weighted by atomic mass is 16.5. The Balaban J connectivity index is 1.69. The van der Waals surface area contributed by atoms with Crippen LogP contribution in [0.15, 0.2) is 42.5 Å². The molecular weight excluding hydrogens is 328 g/mol. The first-order chi connectivity index (χ1) is 12.5. The van der Waals surface area contributed by atoms with Crippen LogP contribution < -0.4 is 14.8 Å². The fourth-order valence-corrected chi connectivity index (χ4v) is 2.71. The molecule has 0 heterocycles. The molecule has 0 spiro atoms. The van der Waals surface area contributed by atoms with E-state index in [2.05, 4.69) is 5.32 Å². The Morgan fingerprint density at radius 2 is 1.65 bits per heavy atom. The maximum atomic E-state index is 12.2. The Hall–Kier alpha value is -2.53. The average Bonchev–Trinajstić information content (AvgIpc) is 2.62. The Morgan fingerprint density at radius 1 is 1.04 bits per heavy atom. The Kier molecular flexibility index (Phi) is 7.48. The standard InChI is InChI=1S/C21H28N2O3/c1-16-7-5-8-17(2)21(16)22-20(24)15-23(3)13-6-14-26-19-11-9-18(25-4)10-12-19/h5,7-12H,6,13-15H2,1-4H3,(H,22,24). The summed E-state index contributed by atoms with van der Waals surface area (Å²) in [5, 5.41) is 3.01. The van der Waals surface area contributed by atoms with Gasteiger partial charge in [-0.2, -0.15) is 0 Å². The van der Waals surface area contributed by atoms with Crippen molar-refractivity contribution in [2.45, 2.75) is 20.3 Å². The zero-order chi connectivity index (χ0) is 18.9. The van der Waals surface area contributed by atoms with E-state index in [1.165, 1.54) is 0 Å².